The normalized spacial score (nSPS) is 6.76. The lowest BCUT2D eigenvalue weighted by atomic mass is 10.00. The third-order valence-electron chi connectivity index (χ3n) is 1.48. The van der Waals surface area contributed by atoms with Crippen LogP contribution in [0.25, 0.3) is 4.85 Å². The van der Waals surface area contributed by atoms with Crippen molar-refractivity contribution in [1.29, 1.82) is 0 Å². The zero-order valence-electron chi connectivity index (χ0n) is 8.07. The zero-order chi connectivity index (χ0) is 13.3. The summed E-state index contributed by atoms with van der Waals surface area (Å²) in [4.78, 5) is 54.5. The summed E-state index contributed by atoms with van der Waals surface area (Å²) in [6.07, 6.45) is 0.511. The summed E-state index contributed by atoms with van der Waals surface area (Å²) < 4.78 is 0. The Balaban J connectivity index is 6.11. The van der Waals surface area contributed by atoms with E-state index in [-0.39, 0.29) is 0 Å². The minimum Gasteiger partial charge on any atom is -0.247 e. The number of rotatable bonds is 4. The van der Waals surface area contributed by atoms with Crippen molar-refractivity contribution < 1.29 is 24.0 Å². The molecule has 0 spiro atoms. The molecule has 0 aromatic heterocycles. The molecule has 0 unspecified atom stereocenters. The number of hydrogen-bond acceptors (Lipinski definition) is 5. The van der Waals surface area contributed by atoms with Gasteiger partial charge in [-0.25, -0.2) is 28.8 Å². The van der Waals surface area contributed by atoms with Gasteiger partial charge >= 0.3 is 0 Å². The summed E-state index contributed by atoms with van der Waals surface area (Å²) in [6, 6.07) is 0. The van der Waals surface area contributed by atoms with Gasteiger partial charge in [-0.1, -0.05) is 0 Å². The van der Waals surface area contributed by atoms with E-state index in [9.17, 15) is 24.0 Å². The molecule has 0 fully saturated rings. The Kier molecular flexibility index (Phi) is 5.73. The van der Waals surface area contributed by atoms with Gasteiger partial charge in [0.1, 0.15) is 29.7 Å². The summed E-state index contributed by atoms with van der Waals surface area (Å²) in [5.41, 5.74) is -3.10. The van der Waals surface area contributed by atoms with Crippen LogP contribution in [0.3, 0.4) is 0 Å². The van der Waals surface area contributed by atoms with Crippen molar-refractivity contribution in [3.63, 3.8) is 0 Å². The van der Waals surface area contributed by atoms with E-state index in [0.29, 0.717) is 6.08 Å². The molecule has 0 saturated heterocycles. The number of hydrogen-bond donors (Lipinski definition) is 0. The summed E-state index contributed by atoms with van der Waals surface area (Å²) in [7, 11) is 0. The predicted octanol–water partition coefficient (Wildman–Crippen LogP) is -0.717. The van der Waals surface area contributed by atoms with Gasteiger partial charge in [-0.15, -0.1) is 0 Å². The van der Waals surface area contributed by atoms with Crippen LogP contribution < -0.4 is 0 Å². The van der Waals surface area contributed by atoms with Crippen molar-refractivity contribution in [3.05, 3.63) is 39.9 Å². The molecular weight excluding hydrogens is 226 g/mol. The van der Waals surface area contributed by atoms with Gasteiger partial charge in [-0.3, -0.25) is 0 Å². The van der Waals surface area contributed by atoms with E-state index in [4.69, 9.17) is 6.57 Å². The van der Waals surface area contributed by atoms with Gasteiger partial charge in [0.15, 0.2) is 0 Å². The number of allylic oxidation sites excluding steroid dienone is 3. The Labute approximate surface area is 94.4 Å². The molecule has 0 aromatic carbocycles. The van der Waals surface area contributed by atoms with Crippen LogP contribution in [-0.4, -0.2) is 29.7 Å². The van der Waals surface area contributed by atoms with E-state index in [1.54, 1.807) is 0 Å². The molecule has 0 aromatic rings. The number of carbonyl (C=O) groups excluding carboxylic acids is 5. The third kappa shape index (κ3) is 3.11. The Morgan fingerprint density at radius 3 is 1.76 bits per heavy atom. The molecule has 6 nitrogen and oxygen atoms in total. The van der Waals surface area contributed by atoms with Gasteiger partial charge in [0.2, 0.25) is 0 Å². The maximum atomic E-state index is 10.6. The van der Waals surface area contributed by atoms with E-state index in [0.717, 1.165) is 17.8 Å². The van der Waals surface area contributed by atoms with Crippen LogP contribution in [0.4, 0.5) is 0 Å². The molecule has 0 heterocycles. The van der Waals surface area contributed by atoms with Gasteiger partial charge in [0, 0.05) is 6.08 Å². The van der Waals surface area contributed by atoms with Crippen LogP contribution in [-0.2, 0) is 24.0 Å². The smallest absolute Gasteiger partial charge is 0.247 e. The van der Waals surface area contributed by atoms with Crippen LogP contribution in [0, 0.1) is 6.57 Å². The highest BCUT2D eigenvalue weighted by atomic mass is 16.1. The number of nitrogens with zero attached hydrogens (tertiary/aromatic N) is 1. The Morgan fingerprint density at radius 2 is 1.47 bits per heavy atom. The summed E-state index contributed by atoms with van der Waals surface area (Å²) in [5, 5.41) is 0. The zero-order valence-corrected chi connectivity index (χ0v) is 8.07. The van der Waals surface area contributed by atoms with Crippen molar-refractivity contribution >= 4 is 29.7 Å². The quantitative estimate of drug-likeness (QED) is 0.359. The average molecular weight is 227 g/mol. The molecule has 80 valence electrons. The molecule has 0 bridgehead atoms. The summed E-state index contributed by atoms with van der Waals surface area (Å²) >= 11 is 0. The molecule has 0 radical (unpaired) electrons. The molecule has 6 heteroatoms. The maximum absolute atomic E-state index is 10.6. The molecule has 0 amide bonds. The van der Waals surface area contributed by atoms with Crippen LogP contribution in [0.1, 0.15) is 0 Å². The molecule has 0 aliphatic heterocycles. The first kappa shape index (κ1) is 13.7. The molecule has 17 heavy (non-hydrogen) atoms. The first-order chi connectivity index (χ1) is 8.19. The second-order valence-electron chi connectivity index (χ2n) is 2.29. The van der Waals surface area contributed by atoms with Crippen LogP contribution in [0.15, 0.2) is 28.5 Å². The van der Waals surface area contributed by atoms with Gasteiger partial charge in [-0.05, 0) is 0 Å². The highest BCUT2D eigenvalue weighted by Gasteiger charge is 2.19. The van der Waals surface area contributed by atoms with E-state index in [1.165, 1.54) is 11.9 Å². The van der Waals surface area contributed by atoms with Crippen molar-refractivity contribution in [1.82, 2.24) is 0 Å². The van der Waals surface area contributed by atoms with E-state index >= 15 is 0 Å². The SMILES string of the molecule is [C-]#[N+]C(=C=O)C(=C=O)C(=C=O)C(=C=O)C=C=O. The molecule has 0 rings (SSSR count). The fraction of sp³-hybridized carbons (Fsp3) is 0. The van der Waals surface area contributed by atoms with E-state index in [2.05, 4.69) is 4.85 Å². The minimum absolute atomic E-state index is 0.511. The average Bonchev–Trinajstić information content (AvgIpc) is 2.37. The van der Waals surface area contributed by atoms with Gasteiger partial charge in [-0.2, -0.15) is 0 Å². The Bertz CT molecular complexity index is 632. The second-order valence-corrected chi connectivity index (χ2v) is 2.29. The fourth-order valence-corrected chi connectivity index (χ4v) is 0.800. The highest BCUT2D eigenvalue weighted by Crippen LogP contribution is 2.19. The monoisotopic (exact) mass is 227 g/mol. The van der Waals surface area contributed by atoms with Crippen LogP contribution in [0.5, 0.6) is 0 Å². The van der Waals surface area contributed by atoms with Crippen LogP contribution >= 0.6 is 0 Å². The van der Waals surface area contributed by atoms with Gasteiger partial charge < -0.3 is 0 Å². The lowest BCUT2D eigenvalue weighted by Gasteiger charge is -1.97. The molecule has 0 aliphatic carbocycles. The Hall–Kier alpha value is -3.26. The summed E-state index contributed by atoms with van der Waals surface area (Å²) in [5.74, 6) is 5.74. The topological polar surface area (TPSA) is 89.7 Å². The second kappa shape index (κ2) is 7.09. The third-order valence-corrected chi connectivity index (χ3v) is 1.48. The minimum atomic E-state index is -0.856. The van der Waals surface area contributed by atoms with Gasteiger partial charge in [0.25, 0.3) is 5.70 Å². The summed E-state index contributed by atoms with van der Waals surface area (Å²) in [6.45, 7) is 6.55. The predicted molar refractivity (Wildman–Crippen MR) is 53.7 cm³/mol. The largest absolute Gasteiger partial charge is 0.287 e. The first-order valence-corrected chi connectivity index (χ1v) is 3.80. The van der Waals surface area contributed by atoms with Gasteiger partial charge in [0.05, 0.1) is 23.3 Å². The fourth-order valence-electron chi connectivity index (χ4n) is 0.800. The molecule has 0 atom stereocenters. The molecule has 0 saturated carbocycles. The standard InChI is InChI=1S/C11HNO5/c1-12-11(7-17)10(6-16)9(5-15)8(4-14)2-3-13/h2H. The maximum Gasteiger partial charge on any atom is 0.287 e. The highest BCUT2D eigenvalue weighted by molar-refractivity contribution is 5.92. The first-order valence-electron chi connectivity index (χ1n) is 3.80. The lowest BCUT2D eigenvalue weighted by molar-refractivity contribution is 0.562. The van der Waals surface area contributed by atoms with Crippen molar-refractivity contribution in [2.75, 3.05) is 0 Å². The molecule has 0 N–H and O–H groups in total. The van der Waals surface area contributed by atoms with Crippen LogP contribution in [0.2, 0.25) is 0 Å². The van der Waals surface area contributed by atoms with E-state index < -0.39 is 22.4 Å². The van der Waals surface area contributed by atoms with Crippen molar-refractivity contribution in [2.45, 2.75) is 0 Å². The molecular formula is C11HNO5. The lowest BCUT2D eigenvalue weighted by Crippen LogP contribution is -1.98. The van der Waals surface area contributed by atoms with Crippen molar-refractivity contribution in [2.24, 2.45) is 0 Å². The Morgan fingerprint density at radius 1 is 0.882 bits per heavy atom. The van der Waals surface area contributed by atoms with Crippen molar-refractivity contribution in [3.8, 4) is 0 Å². The van der Waals surface area contributed by atoms with E-state index in [1.807, 2.05) is 0 Å². The molecule has 0 aliphatic rings.